The van der Waals surface area contributed by atoms with Crippen molar-refractivity contribution in [3.8, 4) is 0 Å². The maximum absolute atomic E-state index is 13.3. The molecular formula is C36H34N4O7. The number of rotatable bonds is 11. The van der Waals surface area contributed by atoms with Crippen LogP contribution in [0.4, 0.5) is 5.69 Å². The van der Waals surface area contributed by atoms with Gasteiger partial charge in [0.15, 0.2) is 0 Å². The van der Waals surface area contributed by atoms with Crippen molar-refractivity contribution in [2.24, 2.45) is 0 Å². The molecule has 2 atom stereocenters. The van der Waals surface area contributed by atoms with Crippen molar-refractivity contribution in [3.05, 3.63) is 124 Å². The van der Waals surface area contributed by atoms with Gasteiger partial charge in [0.25, 0.3) is 17.7 Å². The topological polar surface area (TPSA) is 167 Å². The molecule has 3 aromatic carbocycles. The molecule has 0 spiro atoms. The summed E-state index contributed by atoms with van der Waals surface area (Å²) in [5.41, 5.74) is 4.82. The first kappa shape index (κ1) is 32.4. The predicted octanol–water partition coefficient (Wildman–Crippen LogP) is 4.06. The summed E-state index contributed by atoms with van der Waals surface area (Å²) in [6.07, 6.45) is 1.93. The smallest absolute Gasteiger partial charge is 0.328 e. The van der Waals surface area contributed by atoms with Crippen LogP contribution >= 0.6 is 0 Å². The van der Waals surface area contributed by atoms with Gasteiger partial charge in [0, 0.05) is 41.0 Å². The Morgan fingerprint density at radius 2 is 1.45 bits per heavy atom. The highest BCUT2D eigenvalue weighted by atomic mass is 16.5. The molecule has 0 radical (unpaired) electrons. The third kappa shape index (κ3) is 7.30. The second kappa shape index (κ2) is 14.0. The number of nitrogens with one attached hydrogen (secondary N) is 4. The van der Waals surface area contributed by atoms with Gasteiger partial charge in [-0.15, -0.1) is 0 Å². The normalized spacial score (nSPS) is 14.1. The Morgan fingerprint density at radius 1 is 0.851 bits per heavy atom. The van der Waals surface area contributed by atoms with Gasteiger partial charge in [0.05, 0.1) is 18.2 Å². The van der Waals surface area contributed by atoms with E-state index in [1.165, 1.54) is 7.11 Å². The summed E-state index contributed by atoms with van der Waals surface area (Å²) in [6.45, 7) is 3.39. The lowest BCUT2D eigenvalue weighted by Crippen LogP contribution is -2.43. The number of aryl methyl sites for hydroxylation is 1. The number of carboxylic acids is 1. The van der Waals surface area contributed by atoms with Gasteiger partial charge in [0.1, 0.15) is 12.1 Å². The predicted molar refractivity (Wildman–Crippen MR) is 176 cm³/mol. The van der Waals surface area contributed by atoms with Gasteiger partial charge in [-0.1, -0.05) is 60.7 Å². The fraction of sp³-hybridized carbons (Fsp3) is 0.194. The van der Waals surface area contributed by atoms with Crippen LogP contribution in [0.1, 0.15) is 54.4 Å². The summed E-state index contributed by atoms with van der Waals surface area (Å²) >= 11 is 0. The Labute approximate surface area is 271 Å². The number of carboxylic acid groups (broad SMARTS) is 1. The largest absolute Gasteiger partial charge is 0.480 e. The molecule has 5 N–H and O–H groups in total. The van der Waals surface area contributed by atoms with Crippen molar-refractivity contribution in [2.45, 2.75) is 38.8 Å². The summed E-state index contributed by atoms with van der Waals surface area (Å²) < 4.78 is 4.91. The van der Waals surface area contributed by atoms with Crippen molar-refractivity contribution in [1.29, 1.82) is 0 Å². The van der Waals surface area contributed by atoms with Crippen LogP contribution in [0.25, 0.3) is 11.6 Å². The molecule has 0 saturated heterocycles. The molecule has 0 bridgehead atoms. The first-order valence-electron chi connectivity index (χ1n) is 14.9. The van der Waals surface area contributed by atoms with Gasteiger partial charge in [-0.05, 0) is 54.8 Å². The van der Waals surface area contributed by atoms with Crippen LogP contribution in [0.3, 0.4) is 0 Å². The van der Waals surface area contributed by atoms with Crippen LogP contribution in [0.5, 0.6) is 0 Å². The Balaban J connectivity index is 1.38. The Morgan fingerprint density at radius 3 is 2.04 bits per heavy atom. The Hall–Kier alpha value is -5.97. The zero-order valence-electron chi connectivity index (χ0n) is 26.0. The number of ether oxygens (including phenoxy) is 1. The third-order valence-electron chi connectivity index (χ3n) is 8.02. The number of hydrogen-bond donors (Lipinski definition) is 5. The number of carbonyl (C=O) groups excluding carboxylic acids is 4. The molecule has 240 valence electrons. The van der Waals surface area contributed by atoms with Gasteiger partial charge in [-0.25, -0.2) is 9.59 Å². The number of aromatic amines is 1. The second-order valence-electron chi connectivity index (χ2n) is 11.2. The highest BCUT2D eigenvalue weighted by Gasteiger charge is 2.29. The van der Waals surface area contributed by atoms with E-state index in [0.29, 0.717) is 28.2 Å². The van der Waals surface area contributed by atoms with E-state index in [1.807, 2.05) is 36.4 Å². The fourth-order valence-electron chi connectivity index (χ4n) is 5.58. The Bertz CT molecular complexity index is 1880. The maximum atomic E-state index is 13.3. The Kier molecular flexibility index (Phi) is 9.65. The van der Waals surface area contributed by atoms with E-state index in [4.69, 9.17) is 4.74 Å². The lowest BCUT2D eigenvalue weighted by atomic mass is 10.0. The van der Waals surface area contributed by atoms with Crippen LogP contribution < -0.4 is 16.0 Å². The number of aliphatic carboxylic acids is 1. The highest BCUT2D eigenvalue weighted by molar-refractivity contribution is 6.35. The SMILES string of the molecule is COC(=O)[C@H](Cc1ccccc1)NC(=O)c1ccc2c(c1)C(=Cc1[nH]c(C)c(C(=O)N[C@@H](Cc3ccccc3)C(=O)O)c1C)C(=O)N2. The highest BCUT2D eigenvalue weighted by Crippen LogP contribution is 2.35. The number of H-pyrrole nitrogens is 1. The van der Waals surface area contributed by atoms with Gasteiger partial charge in [-0.3, -0.25) is 14.4 Å². The van der Waals surface area contributed by atoms with Crippen LogP contribution in [0, 0.1) is 13.8 Å². The summed E-state index contributed by atoms with van der Waals surface area (Å²) in [6, 6.07) is 20.9. The van der Waals surface area contributed by atoms with E-state index in [2.05, 4.69) is 20.9 Å². The molecule has 11 heteroatoms. The molecule has 0 unspecified atom stereocenters. The molecular weight excluding hydrogens is 600 g/mol. The zero-order chi connectivity index (χ0) is 33.7. The molecule has 3 amide bonds. The van der Waals surface area contributed by atoms with Crippen LogP contribution in [-0.2, 0) is 32.0 Å². The molecule has 1 aliphatic rings. The minimum atomic E-state index is -1.16. The van der Waals surface area contributed by atoms with Gasteiger partial charge >= 0.3 is 11.9 Å². The number of amides is 3. The van der Waals surface area contributed by atoms with Crippen molar-refractivity contribution in [2.75, 3.05) is 12.4 Å². The number of anilines is 1. The molecule has 4 aromatic rings. The molecule has 0 aliphatic carbocycles. The first-order valence-corrected chi connectivity index (χ1v) is 14.9. The van der Waals surface area contributed by atoms with Gasteiger partial charge < -0.3 is 30.8 Å². The monoisotopic (exact) mass is 634 g/mol. The van der Waals surface area contributed by atoms with Crippen molar-refractivity contribution < 1.29 is 33.8 Å². The molecule has 2 heterocycles. The molecule has 0 fully saturated rings. The van der Waals surface area contributed by atoms with Gasteiger partial charge in [0.2, 0.25) is 0 Å². The molecule has 1 aliphatic heterocycles. The number of carbonyl (C=O) groups is 5. The molecule has 0 saturated carbocycles. The number of methoxy groups -OCH3 is 1. The quantitative estimate of drug-likeness (QED) is 0.123. The number of fused-ring (bicyclic) bond motifs is 1. The molecule has 1 aromatic heterocycles. The summed E-state index contributed by atoms with van der Waals surface area (Å²) in [4.78, 5) is 67.3. The lowest BCUT2D eigenvalue weighted by Gasteiger charge is -2.17. The number of benzene rings is 3. The van der Waals surface area contributed by atoms with Crippen molar-refractivity contribution in [1.82, 2.24) is 15.6 Å². The molecule has 5 rings (SSSR count). The summed E-state index contributed by atoms with van der Waals surface area (Å²) in [5, 5.41) is 17.9. The van der Waals surface area contributed by atoms with E-state index in [-0.39, 0.29) is 29.5 Å². The lowest BCUT2D eigenvalue weighted by molar-refractivity contribution is -0.143. The van der Waals surface area contributed by atoms with Crippen LogP contribution in [0.15, 0.2) is 78.9 Å². The van der Waals surface area contributed by atoms with Gasteiger partial charge in [-0.2, -0.15) is 0 Å². The standard InChI is InChI=1S/C36H34N4O7/c1-20-28(37-21(2)31(20)34(43)39-29(35(44)45)16-22-10-6-4-7-11-22)19-26-25-18-24(14-15-27(25)38-33(26)42)32(41)40-30(36(46)47-3)17-23-12-8-5-9-13-23/h4-15,18-19,29-30,37H,16-17H2,1-3H3,(H,38,42)(H,39,43)(H,40,41)(H,44,45)/t29-,30-/m0/s1. The second-order valence-corrected chi connectivity index (χ2v) is 11.2. The van der Waals surface area contributed by atoms with E-state index >= 15 is 0 Å². The zero-order valence-corrected chi connectivity index (χ0v) is 26.0. The first-order chi connectivity index (χ1) is 22.5. The fourth-order valence-corrected chi connectivity index (χ4v) is 5.58. The molecule has 11 nitrogen and oxygen atoms in total. The van der Waals surface area contributed by atoms with Crippen LogP contribution in [-0.4, -0.2) is 58.9 Å². The van der Waals surface area contributed by atoms with Crippen molar-refractivity contribution >= 4 is 47.0 Å². The third-order valence-corrected chi connectivity index (χ3v) is 8.02. The van der Waals surface area contributed by atoms with E-state index in [1.54, 1.807) is 62.4 Å². The van der Waals surface area contributed by atoms with Crippen molar-refractivity contribution in [3.63, 3.8) is 0 Å². The summed E-state index contributed by atoms with van der Waals surface area (Å²) in [7, 11) is 1.25. The van der Waals surface area contributed by atoms with E-state index in [0.717, 1.165) is 11.1 Å². The van der Waals surface area contributed by atoms with E-state index in [9.17, 15) is 29.1 Å². The minimum Gasteiger partial charge on any atom is -0.480 e. The average molecular weight is 635 g/mol. The number of aromatic nitrogens is 1. The number of hydrogen-bond acceptors (Lipinski definition) is 6. The minimum absolute atomic E-state index is 0.112. The maximum Gasteiger partial charge on any atom is 0.328 e. The summed E-state index contributed by atoms with van der Waals surface area (Å²) in [5.74, 6) is -3.23. The average Bonchev–Trinajstić information content (AvgIpc) is 3.53. The molecule has 47 heavy (non-hydrogen) atoms. The number of esters is 1. The van der Waals surface area contributed by atoms with E-state index < -0.39 is 41.7 Å². The van der Waals surface area contributed by atoms with Crippen LogP contribution in [0.2, 0.25) is 0 Å².